The number of para-hydroxylation sites is 1. The van der Waals surface area contributed by atoms with Gasteiger partial charge in [-0.15, -0.1) is 0 Å². The Kier molecular flexibility index (Phi) is 4.37. The Hall–Kier alpha value is -3.45. The van der Waals surface area contributed by atoms with Crippen molar-refractivity contribution in [2.75, 3.05) is 26.2 Å². The number of furan rings is 1. The predicted molar refractivity (Wildman–Crippen MR) is 109 cm³/mol. The number of aromatic amines is 1. The Bertz CT molecular complexity index is 1240. The van der Waals surface area contributed by atoms with Crippen molar-refractivity contribution in [1.29, 1.82) is 0 Å². The molecule has 0 radical (unpaired) electrons. The maximum atomic E-state index is 12.6. The number of carbonyl (C=O) groups excluding carboxylic acids is 1. The number of rotatable bonds is 3. The van der Waals surface area contributed by atoms with E-state index in [2.05, 4.69) is 9.97 Å². The van der Waals surface area contributed by atoms with E-state index in [0.717, 1.165) is 24.0 Å². The van der Waals surface area contributed by atoms with Crippen LogP contribution in [0.2, 0.25) is 0 Å². The highest BCUT2D eigenvalue weighted by Gasteiger charge is 2.25. The number of carbonyl (C=O) groups is 1. The smallest absolute Gasteiger partial charge is 0.294 e. The van der Waals surface area contributed by atoms with Crippen LogP contribution in [0.1, 0.15) is 16.2 Å². The molecule has 2 N–H and O–H groups in total. The summed E-state index contributed by atoms with van der Waals surface area (Å²) in [5.41, 5.74) is 2.01. The molecule has 1 saturated heterocycles. The lowest BCUT2D eigenvalue weighted by molar-refractivity contribution is -0.918. The average molecular weight is 389 g/mol. The fourth-order valence-corrected chi connectivity index (χ4v) is 3.93. The van der Waals surface area contributed by atoms with E-state index in [1.54, 1.807) is 0 Å². The molecule has 4 aromatic rings. The Balaban J connectivity index is 1.31. The number of nitrogens with zero attached hydrogens (tertiary/aromatic N) is 2. The lowest BCUT2D eigenvalue weighted by Crippen LogP contribution is -3.13. The standard InChI is InChI=1S/C22H20N4O3/c27-21-20-19(16-8-4-5-9-17(16)29-20)23-18(24-21)14-25-10-12-26(13-11-25)22(28)15-6-2-1-3-7-15/h1-9H,10-14H2,(H,23,24,27)/p+1. The van der Waals surface area contributed by atoms with Crippen molar-refractivity contribution in [2.24, 2.45) is 0 Å². The minimum Gasteiger partial charge on any atom is -0.449 e. The van der Waals surface area contributed by atoms with E-state index in [4.69, 9.17) is 4.42 Å². The first-order valence-electron chi connectivity index (χ1n) is 9.77. The second-order valence-electron chi connectivity index (χ2n) is 7.37. The predicted octanol–water partition coefficient (Wildman–Crippen LogP) is 1.21. The van der Waals surface area contributed by atoms with E-state index in [1.165, 1.54) is 4.90 Å². The third-order valence-electron chi connectivity index (χ3n) is 5.48. The molecular formula is C22H21N4O3+. The maximum Gasteiger partial charge on any atom is 0.294 e. The molecule has 2 aromatic heterocycles. The van der Waals surface area contributed by atoms with Gasteiger partial charge in [0.1, 0.15) is 17.6 Å². The van der Waals surface area contributed by atoms with E-state index >= 15 is 0 Å². The van der Waals surface area contributed by atoms with Gasteiger partial charge in [-0.05, 0) is 24.3 Å². The van der Waals surface area contributed by atoms with Crippen LogP contribution in [0.25, 0.3) is 22.1 Å². The van der Waals surface area contributed by atoms with Gasteiger partial charge in [0.2, 0.25) is 5.58 Å². The molecule has 0 spiro atoms. The number of aromatic nitrogens is 2. The molecule has 0 aliphatic carbocycles. The summed E-state index contributed by atoms with van der Waals surface area (Å²) in [7, 11) is 0. The Morgan fingerprint density at radius 2 is 1.79 bits per heavy atom. The zero-order chi connectivity index (χ0) is 19.8. The number of nitrogens with one attached hydrogen (secondary N) is 2. The van der Waals surface area contributed by atoms with Crippen molar-refractivity contribution >= 4 is 28.0 Å². The van der Waals surface area contributed by atoms with Gasteiger partial charge in [-0.2, -0.15) is 0 Å². The fraction of sp³-hybridized carbons (Fsp3) is 0.227. The molecule has 0 saturated carbocycles. The third-order valence-corrected chi connectivity index (χ3v) is 5.48. The van der Waals surface area contributed by atoms with Crippen molar-refractivity contribution in [3.63, 3.8) is 0 Å². The lowest BCUT2D eigenvalue weighted by Gasteiger charge is -2.32. The van der Waals surface area contributed by atoms with Gasteiger partial charge in [0.15, 0.2) is 5.82 Å². The summed E-state index contributed by atoms with van der Waals surface area (Å²) in [5.74, 6) is 0.717. The van der Waals surface area contributed by atoms with Gasteiger partial charge >= 0.3 is 0 Å². The molecule has 29 heavy (non-hydrogen) atoms. The van der Waals surface area contributed by atoms with Gasteiger partial charge in [0.25, 0.3) is 11.5 Å². The summed E-state index contributed by atoms with van der Waals surface area (Å²) >= 11 is 0. The molecule has 2 aromatic carbocycles. The number of H-pyrrole nitrogens is 1. The highest BCUT2D eigenvalue weighted by atomic mass is 16.3. The molecule has 7 nitrogen and oxygen atoms in total. The van der Waals surface area contributed by atoms with Crippen LogP contribution in [-0.2, 0) is 6.54 Å². The number of amides is 1. The summed E-state index contributed by atoms with van der Waals surface area (Å²) in [6, 6.07) is 16.9. The number of quaternary nitrogens is 1. The van der Waals surface area contributed by atoms with Crippen LogP contribution in [0.15, 0.2) is 63.8 Å². The molecule has 0 bridgehead atoms. The van der Waals surface area contributed by atoms with Crippen molar-refractivity contribution in [3.05, 3.63) is 76.3 Å². The molecule has 1 aliphatic heterocycles. The third kappa shape index (κ3) is 3.30. The van der Waals surface area contributed by atoms with Gasteiger partial charge in [-0.25, -0.2) is 4.98 Å². The van der Waals surface area contributed by atoms with Crippen LogP contribution in [0.3, 0.4) is 0 Å². The Labute approximate surface area is 166 Å². The molecule has 3 heterocycles. The van der Waals surface area contributed by atoms with E-state index in [9.17, 15) is 9.59 Å². The van der Waals surface area contributed by atoms with Crippen LogP contribution in [0.4, 0.5) is 0 Å². The minimum atomic E-state index is -0.251. The average Bonchev–Trinajstić information content (AvgIpc) is 3.14. The zero-order valence-corrected chi connectivity index (χ0v) is 15.9. The summed E-state index contributed by atoms with van der Waals surface area (Å²) < 4.78 is 5.65. The molecule has 5 rings (SSSR count). The normalized spacial score (nSPS) is 15.2. The highest BCUT2D eigenvalue weighted by Crippen LogP contribution is 2.24. The summed E-state index contributed by atoms with van der Waals surface area (Å²) in [4.78, 5) is 35.8. The van der Waals surface area contributed by atoms with E-state index in [-0.39, 0.29) is 17.0 Å². The second-order valence-corrected chi connectivity index (χ2v) is 7.37. The van der Waals surface area contributed by atoms with Crippen molar-refractivity contribution in [1.82, 2.24) is 14.9 Å². The Morgan fingerprint density at radius 3 is 2.59 bits per heavy atom. The number of fused-ring (bicyclic) bond motifs is 3. The number of piperazine rings is 1. The fourth-order valence-electron chi connectivity index (χ4n) is 3.93. The van der Waals surface area contributed by atoms with Crippen LogP contribution in [0.5, 0.6) is 0 Å². The first-order valence-corrected chi connectivity index (χ1v) is 9.77. The van der Waals surface area contributed by atoms with E-state index < -0.39 is 0 Å². The second kappa shape index (κ2) is 7.18. The summed E-state index contributed by atoms with van der Waals surface area (Å²) in [6.07, 6.45) is 0. The van der Waals surface area contributed by atoms with Gasteiger partial charge in [0, 0.05) is 10.9 Å². The van der Waals surface area contributed by atoms with Crippen LogP contribution in [-0.4, -0.2) is 47.0 Å². The number of hydrogen-bond acceptors (Lipinski definition) is 4. The Morgan fingerprint density at radius 1 is 1.07 bits per heavy atom. The van der Waals surface area contributed by atoms with Crippen molar-refractivity contribution in [3.8, 4) is 0 Å². The molecule has 146 valence electrons. The monoisotopic (exact) mass is 389 g/mol. The van der Waals surface area contributed by atoms with Crippen LogP contribution >= 0.6 is 0 Å². The van der Waals surface area contributed by atoms with E-state index in [1.807, 2.05) is 59.5 Å². The molecule has 1 aliphatic rings. The van der Waals surface area contributed by atoms with Crippen molar-refractivity contribution < 1.29 is 14.1 Å². The van der Waals surface area contributed by atoms with Crippen LogP contribution in [0, 0.1) is 0 Å². The van der Waals surface area contributed by atoms with Crippen LogP contribution < -0.4 is 10.5 Å². The molecule has 0 atom stereocenters. The number of benzene rings is 2. The van der Waals surface area contributed by atoms with Gasteiger partial charge < -0.3 is 19.2 Å². The zero-order valence-electron chi connectivity index (χ0n) is 15.9. The van der Waals surface area contributed by atoms with Gasteiger partial charge in [0.05, 0.1) is 26.2 Å². The van der Waals surface area contributed by atoms with Gasteiger partial charge in [-0.3, -0.25) is 9.59 Å². The molecule has 7 heteroatoms. The topological polar surface area (TPSA) is 83.6 Å². The SMILES string of the molecule is O=C(c1ccccc1)N1CC[NH+](Cc2nc3c(oc4ccccc43)c(=O)[nH]2)CC1. The highest BCUT2D eigenvalue weighted by molar-refractivity contribution is 6.01. The largest absolute Gasteiger partial charge is 0.449 e. The summed E-state index contributed by atoms with van der Waals surface area (Å²) in [5, 5.41) is 0.850. The molecule has 0 unspecified atom stereocenters. The molecule has 1 amide bonds. The molecular weight excluding hydrogens is 368 g/mol. The maximum absolute atomic E-state index is 12.6. The van der Waals surface area contributed by atoms with E-state index in [0.29, 0.717) is 36.6 Å². The van der Waals surface area contributed by atoms with Gasteiger partial charge in [-0.1, -0.05) is 30.3 Å². The first-order chi connectivity index (χ1) is 14.2. The van der Waals surface area contributed by atoms with Crippen molar-refractivity contribution in [2.45, 2.75) is 6.54 Å². The lowest BCUT2D eigenvalue weighted by atomic mass is 10.2. The molecule has 1 fully saturated rings. The first kappa shape index (κ1) is 17.6. The summed E-state index contributed by atoms with van der Waals surface area (Å²) in [6.45, 7) is 3.60. The number of hydrogen-bond donors (Lipinski definition) is 2. The minimum absolute atomic E-state index is 0.0717. The quantitative estimate of drug-likeness (QED) is 0.552.